The molecule has 0 fully saturated rings. The number of allylic oxidation sites excluding steroid dienone is 1. The van der Waals surface area contributed by atoms with E-state index in [9.17, 15) is 14.9 Å². The van der Waals surface area contributed by atoms with Gasteiger partial charge in [-0.3, -0.25) is 14.9 Å². The van der Waals surface area contributed by atoms with Crippen LogP contribution in [0.15, 0.2) is 65.8 Å². The van der Waals surface area contributed by atoms with E-state index in [0.717, 1.165) is 0 Å². The van der Waals surface area contributed by atoms with Gasteiger partial charge in [0.2, 0.25) is 0 Å². The van der Waals surface area contributed by atoms with Crippen LogP contribution >= 0.6 is 0 Å². The fourth-order valence-electron chi connectivity index (χ4n) is 1.73. The van der Waals surface area contributed by atoms with E-state index >= 15 is 0 Å². The van der Waals surface area contributed by atoms with Gasteiger partial charge in [-0.1, -0.05) is 30.3 Å². The molecule has 22 heavy (non-hydrogen) atoms. The van der Waals surface area contributed by atoms with Gasteiger partial charge in [-0.25, -0.2) is 5.43 Å². The number of para-hydroxylation sites is 1. The zero-order chi connectivity index (χ0) is 15.8. The molecule has 0 aliphatic carbocycles. The number of nitrogens with zero attached hydrogens (tertiary/aromatic N) is 2. The van der Waals surface area contributed by atoms with E-state index in [2.05, 4.69) is 10.5 Å². The van der Waals surface area contributed by atoms with E-state index in [-0.39, 0.29) is 11.6 Å². The van der Waals surface area contributed by atoms with Crippen LogP contribution in [0.4, 0.5) is 5.69 Å². The highest BCUT2D eigenvalue weighted by atomic mass is 16.6. The smallest absolute Gasteiger partial charge is 0.267 e. The van der Waals surface area contributed by atoms with Crippen molar-refractivity contribution in [2.24, 2.45) is 5.10 Å². The van der Waals surface area contributed by atoms with Crippen molar-refractivity contribution in [1.29, 1.82) is 0 Å². The summed E-state index contributed by atoms with van der Waals surface area (Å²) >= 11 is 0. The molecule has 0 radical (unpaired) electrons. The second kappa shape index (κ2) is 7.49. The van der Waals surface area contributed by atoms with Gasteiger partial charge in [-0.15, -0.1) is 0 Å². The number of benzene rings is 2. The van der Waals surface area contributed by atoms with Crippen LogP contribution in [0.5, 0.6) is 0 Å². The first-order valence-corrected chi connectivity index (χ1v) is 6.47. The number of amides is 1. The van der Waals surface area contributed by atoms with Crippen molar-refractivity contribution in [2.75, 3.05) is 0 Å². The van der Waals surface area contributed by atoms with Crippen LogP contribution in [0.25, 0.3) is 6.08 Å². The Hall–Kier alpha value is -3.28. The molecule has 0 bridgehead atoms. The molecular formula is C16H13N3O3. The third-order valence-corrected chi connectivity index (χ3v) is 2.77. The molecule has 6 heteroatoms. The highest BCUT2D eigenvalue weighted by molar-refractivity contribution is 5.94. The number of nitrogens with one attached hydrogen (secondary N) is 1. The number of carbonyl (C=O) groups excluding carboxylic acids is 1. The summed E-state index contributed by atoms with van der Waals surface area (Å²) in [4.78, 5) is 22.1. The van der Waals surface area contributed by atoms with E-state index in [0.29, 0.717) is 11.1 Å². The summed E-state index contributed by atoms with van der Waals surface area (Å²) in [5.41, 5.74) is 3.35. The minimum absolute atomic E-state index is 0.0143. The average Bonchev–Trinajstić information content (AvgIpc) is 2.55. The molecule has 0 aliphatic rings. The number of hydrazone groups is 1. The maximum atomic E-state index is 11.7. The predicted octanol–water partition coefficient (Wildman–Crippen LogP) is 3.02. The second-order valence-corrected chi connectivity index (χ2v) is 4.26. The largest absolute Gasteiger partial charge is 0.276 e. The summed E-state index contributed by atoms with van der Waals surface area (Å²) in [7, 11) is 0. The summed E-state index contributed by atoms with van der Waals surface area (Å²) in [5, 5.41) is 14.6. The first-order valence-electron chi connectivity index (χ1n) is 6.47. The van der Waals surface area contributed by atoms with Gasteiger partial charge in [-0.05, 0) is 30.4 Å². The molecule has 0 aromatic heterocycles. The lowest BCUT2D eigenvalue weighted by atomic mass is 10.2. The minimum atomic E-state index is -0.450. The Morgan fingerprint density at radius 1 is 1.09 bits per heavy atom. The molecule has 2 aromatic carbocycles. The lowest BCUT2D eigenvalue weighted by Crippen LogP contribution is -2.16. The monoisotopic (exact) mass is 295 g/mol. The van der Waals surface area contributed by atoms with E-state index in [1.54, 1.807) is 48.5 Å². The fourth-order valence-corrected chi connectivity index (χ4v) is 1.73. The van der Waals surface area contributed by atoms with Crippen LogP contribution in [-0.2, 0) is 0 Å². The van der Waals surface area contributed by atoms with E-state index in [1.807, 2.05) is 6.07 Å². The number of nitro groups is 1. The van der Waals surface area contributed by atoms with Crippen molar-refractivity contribution in [3.05, 3.63) is 81.9 Å². The third-order valence-electron chi connectivity index (χ3n) is 2.77. The molecule has 2 rings (SSSR count). The van der Waals surface area contributed by atoms with Crippen LogP contribution in [0.3, 0.4) is 0 Å². The minimum Gasteiger partial charge on any atom is -0.267 e. The Morgan fingerprint density at radius 3 is 2.50 bits per heavy atom. The average molecular weight is 295 g/mol. The molecule has 0 unspecified atom stereocenters. The van der Waals surface area contributed by atoms with Gasteiger partial charge in [0, 0.05) is 17.8 Å². The lowest BCUT2D eigenvalue weighted by molar-refractivity contribution is -0.385. The second-order valence-electron chi connectivity index (χ2n) is 4.26. The van der Waals surface area contributed by atoms with Gasteiger partial charge in [0.05, 0.1) is 10.5 Å². The Balaban J connectivity index is 1.96. The number of hydrogen-bond donors (Lipinski definition) is 1. The Bertz CT molecular complexity index is 724. The van der Waals surface area contributed by atoms with E-state index in [4.69, 9.17) is 0 Å². The van der Waals surface area contributed by atoms with Crippen molar-refractivity contribution in [2.45, 2.75) is 0 Å². The standard InChI is InChI=1S/C16H13N3O3/c20-16(14-8-2-1-3-9-14)18-17-12-6-10-13-7-4-5-11-15(13)19(21)22/h1-12H,(H,18,20)/b10-6+,17-12-. The van der Waals surface area contributed by atoms with Crippen LogP contribution in [0.1, 0.15) is 15.9 Å². The first-order chi connectivity index (χ1) is 10.7. The van der Waals surface area contributed by atoms with Gasteiger partial charge in [0.15, 0.2) is 0 Å². The molecule has 1 amide bonds. The summed E-state index contributed by atoms with van der Waals surface area (Å²) in [6, 6.07) is 15.0. The van der Waals surface area contributed by atoms with Crippen LogP contribution in [-0.4, -0.2) is 17.0 Å². The fraction of sp³-hybridized carbons (Fsp3) is 0. The number of carbonyl (C=O) groups is 1. The van der Waals surface area contributed by atoms with Gasteiger partial charge >= 0.3 is 0 Å². The molecule has 0 heterocycles. The molecule has 0 aliphatic heterocycles. The normalized spacial score (nSPS) is 10.9. The maximum absolute atomic E-state index is 11.7. The highest BCUT2D eigenvalue weighted by Gasteiger charge is 2.08. The predicted molar refractivity (Wildman–Crippen MR) is 84.5 cm³/mol. The molecule has 6 nitrogen and oxygen atoms in total. The highest BCUT2D eigenvalue weighted by Crippen LogP contribution is 2.18. The molecule has 0 spiro atoms. The maximum Gasteiger partial charge on any atom is 0.276 e. The summed E-state index contributed by atoms with van der Waals surface area (Å²) < 4.78 is 0. The summed E-state index contributed by atoms with van der Waals surface area (Å²) in [6.07, 6.45) is 4.43. The zero-order valence-corrected chi connectivity index (χ0v) is 11.5. The molecule has 2 aromatic rings. The number of hydrogen-bond acceptors (Lipinski definition) is 4. The van der Waals surface area contributed by atoms with E-state index < -0.39 is 4.92 Å². The lowest BCUT2D eigenvalue weighted by Gasteiger charge is -1.97. The molecule has 110 valence electrons. The van der Waals surface area contributed by atoms with Crippen LogP contribution in [0, 0.1) is 10.1 Å². The van der Waals surface area contributed by atoms with Crippen LogP contribution < -0.4 is 5.43 Å². The van der Waals surface area contributed by atoms with Crippen molar-refractivity contribution >= 4 is 23.9 Å². The van der Waals surface area contributed by atoms with Gasteiger partial charge < -0.3 is 0 Å². The quantitative estimate of drug-likeness (QED) is 0.522. The Labute approximate surface area is 126 Å². The van der Waals surface area contributed by atoms with Gasteiger partial charge in [0.1, 0.15) is 0 Å². The first kappa shape index (κ1) is 15.1. The molecule has 0 saturated carbocycles. The van der Waals surface area contributed by atoms with Gasteiger partial charge in [0.25, 0.3) is 11.6 Å². The van der Waals surface area contributed by atoms with Crippen LogP contribution in [0.2, 0.25) is 0 Å². The summed E-state index contributed by atoms with van der Waals surface area (Å²) in [6.45, 7) is 0. The van der Waals surface area contributed by atoms with Crippen molar-refractivity contribution in [3.63, 3.8) is 0 Å². The van der Waals surface area contributed by atoms with Gasteiger partial charge in [-0.2, -0.15) is 5.10 Å². The number of nitro benzene ring substituents is 1. The SMILES string of the molecule is O=C(N/N=C\C=C\c1ccccc1[N+](=O)[O-])c1ccccc1. The molecule has 0 saturated heterocycles. The third kappa shape index (κ3) is 4.11. The van der Waals surface area contributed by atoms with Crippen molar-refractivity contribution in [3.8, 4) is 0 Å². The molecule has 1 N–H and O–H groups in total. The topological polar surface area (TPSA) is 84.6 Å². The zero-order valence-electron chi connectivity index (χ0n) is 11.5. The molecule has 0 atom stereocenters. The van der Waals surface area contributed by atoms with Crippen molar-refractivity contribution < 1.29 is 9.72 Å². The molecular weight excluding hydrogens is 282 g/mol. The Morgan fingerprint density at radius 2 is 1.77 bits per heavy atom. The summed E-state index contributed by atoms with van der Waals surface area (Å²) in [5.74, 6) is -0.323. The van der Waals surface area contributed by atoms with Crippen molar-refractivity contribution in [1.82, 2.24) is 5.43 Å². The van der Waals surface area contributed by atoms with E-state index in [1.165, 1.54) is 18.4 Å². The Kier molecular flexibility index (Phi) is 5.15. The number of rotatable bonds is 5.